The fourth-order valence-electron chi connectivity index (χ4n) is 1.57. The molecule has 0 fully saturated rings. The number of guanidine groups is 1. The van der Waals surface area contributed by atoms with Gasteiger partial charge in [0.1, 0.15) is 0 Å². The van der Waals surface area contributed by atoms with Gasteiger partial charge in [-0.05, 0) is 12.0 Å². The van der Waals surface area contributed by atoms with Gasteiger partial charge in [0.25, 0.3) is 0 Å². The summed E-state index contributed by atoms with van der Waals surface area (Å²) < 4.78 is 0. The Kier molecular flexibility index (Phi) is 9.73. The fraction of sp³-hybridized carbons (Fsp3) is 0.500. The minimum absolute atomic E-state index is 0. The molecule has 0 amide bonds. The summed E-state index contributed by atoms with van der Waals surface area (Å²) in [6, 6.07) is 10.4. The molecule has 1 aromatic carbocycles. The van der Waals surface area contributed by atoms with E-state index in [0.29, 0.717) is 11.9 Å². The second-order valence-electron chi connectivity index (χ2n) is 4.32. The van der Waals surface area contributed by atoms with E-state index in [2.05, 4.69) is 48.4 Å². The van der Waals surface area contributed by atoms with E-state index in [-0.39, 0.29) is 24.0 Å². The van der Waals surface area contributed by atoms with Gasteiger partial charge in [-0.3, -0.25) is 4.99 Å². The van der Waals surface area contributed by atoms with Crippen LogP contribution in [0.2, 0.25) is 0 Å². The maximum atomic E-state index is 5.78. The van der Waals surface area contributed by atoms with Crippen LogP contribution in [0.3, 0.4) is 0 Å². The van der Waals surface area contributed by atoms with E-state index in [0.717, 1.165) is 19.5 Å². The van der Waals surface area contributed by atoms with Crippen LogP contribution in [0.1, 0.15) is 38.2 Å². The first kappa shape index (κ1) is 17.2. The number of nitrogens with one attached hydrogen (secondary N) is 1. The number of unbranched alkanes of at least 4 members (excludes halogenated alkanes) is 1. The average molecular weight is 361 g/mol. The lowest BCUT2D eigenvalue weighted by atomic mass is 10.0. The van der Waals surface area contributed by atoms with Crippen LogP contribution in [0.5, 0.6) is 0 Å². The van der Waals surface area contributed by atoms with Crippen molar-refractivity contribution >= 4 is 29.9 Å². The van der Waals surface area contributed by atoms with Crippen molar-refractivity contribution in [3.8, 4) is 0 Å². The van der Waals surface area contributed by atoms with Gasteiger partial charge in [-0.25, -0.2) is 0 Å². The molecular weight excluding hydrogens is 337 g/mol. The second kappa shape index (κ2) is 10.2. The number of hydrogen-bond donors (Lipinski definition) is 2. The van der Waals surface area contributed by atoms with Crippen LogP contribution in [0.25, 0.3) is 0 Å². The lowest BCUT2D eigenvalue weighted by Gasteiger charge is -2.10. The Morgan fingerprint density at radius 2 is 2.00 bits per heavy atom. The summed E-state index contributed by atoms with van der Waals surface area (Å²) >= 11 is 0. The molecule has 0 aliphatic heterocycles. The summed E-state index contributed by atoms with van der Waals surface area (Å²) in [6.45, 7) is 5.96. The third kappa shape index (κ3) is 6.83. The molecule has 1 rings (SSSR count). The van der Waals surface area contributed by atoms with E-state index >= 15 is 0 Å². The molecule has 1 aromatic rings. The minimum Gasteiger partial charge on any atom is -0.370 e. The molecule has 1 unspecified atom stereocenters. The Hall–Kier alpha value is -0.780. The van der Waals surface area contributed by atoms with Crippen molar-refractivity contribution in [1.82, 2.24) is 5.32 Å². The van der Waals surface area contributed by atoms with Gasteiger partial charge < -0.3 is 11.1 Å². The predicted octanol–water partition coefficient (Wildman–Crippen LogP) is 3.11. The summed E-state index contributed by atoms with van der Waals surface area (Å²) in [7, 11) is 0. The number of nitrogens with zero attached hydrogens (tertiary/aromatic N) is 1. The van der Waals surface area contributed by atoms with Crippen molar-refractivity contribution in [3.05, 3.63) is 35.9 Å². The first-order valence-electron chi connectivity index (χ1n) is 6.32. The largest absolute Gasteiger partial charge is 0.370 e. The van der Waals surface area contributed by atoms with E-state index < -0.39 is 0 Å². The molecule has 0 heterocycles. The summed E-state index contributed by atoms with van der Waals surface area (Å²) in [6.07, 6.45) is 2.30. The van der Waals surface area contributed by atoms with Crippen LogP contribution >= 0.6 is 24.0 Å². The molecule has 0 aliphatic carbocycles. The number of benzene rings is 1. The Bertz CT molecular complexity index is 338. The number of halogens is 1. The van der Waals surface area contributed by atoms with Gasteiger partial charge >= 0.3 is 0 Å². The van der Waals surface area contributed by atoms with E-state index in [1.54, 1.807) is 0 Å². The molecule has 3 N–H and O–H groups in total. The van der Waals surface area contributed by atoms with Crippen LogP contribution in [0.15, 0.2) is 35.3 Å². The zero-order valence-corrected chi connectivity index (χ0v) is 13.6. The van der Waals surface area contributed by atoms with Gasteiger partial charge in [0.15, 0.2) is 5.96 Å². The fourth-order valence-corrected chi connectivity index (χ4v) is 1.57. The molecule has 4 heteroatoms. The molecule has 102 valence electrons. The van der Waals surface area contributed by atoms with Crippen LogP contribution in [-0.4, -0.2) is 19.0 Å². The molecule has 0 aromatic heterocycles. The van der Waals surface area contributed by atoms with Crippen LogP contribution in [-0.2, 0) is 0 Å². The molecule has 18 heavy (non-hydrogen) atoms. The van der Waals surface area contributed by atoms with Gasteiger partial charge in [0.05, 0.1) is 0 Å². The predicted molar refractivity (Wildman–Crippen MR) is 89.7 cm³/mol. The highest BCUT2D eigenvalue weighted by Gasteiger charge is 2.03. The minimum atomic E-state index is 0. The summed E-state index contributed by atoms with van der Waals surface area (Å²) in [4.78, 5) is 4.36. The number of rotatable bonds is 6. The summed E-state index contributed by atoms with van der Waals surface area (Å²) in [5.74, 6) is 0.962. The monoisotopic (exact) mass is 361 g/mol. The van der Waals surface area contributed by atoms with Crippen molar-refractivity contribution < 1.29 is 0 Å². The van der Waals surface area contributed by atoms with E-state index in [4.69, 9.17) is 5.73 Å². The van der Waals surface area contributed by atoms with Crippen molar-refractivity contribution in [2.24, 2.45) is 10.7 Å². The number of nitrogens with two attached hydrogens (primary N) is 1. The molecule has 0 aliphatic rings. The zero-order valence-electron chi connectivity index (χ0n) is 11.2. The third-order valence-corrected chi connectivity index (χ3v) is 2.74. The third-order valence-electron chi connectivity index (χ3n) is 2.74. The van der Waals surface area contributed by atoms with Crippen LogP contribution in [0.4, 0.5) is 0 Å². The first-order valence-corrected chi connectivity index (χ1v) is 6.32. The zero-order chi connectivity index (χ0) is 12.5. The Morgan fingerprint density at radius 3 is 2.61 bits per heavy atom. The highest BCUT2D eigenvalue weighted by molar-refractivity contribution is 14.0. The van der Waals surface area contributed by atoms with Gasteiger partial charge in [0.2, 0.25) is 0 Å². The second-order valence-corrected chi connectivity index (χ2v) is 4.32. The Labute approximate surface area is 127 Å². The lowest BCUT2D eigenvalue weighted by molar-refractivity contribution is 0.734. The SMILES string of the molecule is CCCCNC(N)=NCC(C)c1ccccc1.I. The molecule has 0 bridgehead atoms. The highest BCUT2D eigenvalue weighted by atomic mass is 127. The van der Waals surface area contributed by atoms with Crippen molar-refractivity contribution in [1.29, 1.82) is 0 Å². The Morgan fingerprint density at radius 1 is 1.33 bits per heavy atom. The van der Waals surface area contributed by atoms with E-state index in [1.165, 1.54) is 12.0 Å². The molecule has 1 atom stereocenters. The molecular formula is C14H24IN3. The highest BCUT2D eigenvalue weighted by Crippen LogP contribution is 2.14. The quantitative estimate of drug-likeness (QED) is 0.354. The molecule has 3 nitrogen and oxygen atoms in total. The standard InChI is InChI=1S/C14H23N3.HI/c1-3-4-10-16-14(15)17-11-12(2)13-8-6-5-7-9-13;/h5-9,12H,3-4,10-11H2,1-2H3,(H3,15,16,17);1H. The number of hydrogen-bond acceptors (Lipinski definition) is 1. The van der Waals surface area contributed by atoms with Crippen molar-refractivity contribution in [2.75, 3.05) is 13.1 Å². The van der Waals surface area contributed by atoms with E-state index in [9.17, 15) is 0 Å². The molecule has 0 spiro atoms. The smallest absolute Gasteiger partial charge is 0.188 e. The maximum Gasteiger partial charge on any atom is 0.188 e. The molecule has 0 radical (unpaired) electrons. The topological polar surface area (TPSA) is 50.4 Å². The van der Waals surface area contributed by atoms with Crippen LogP contribution in [0, 0.1) is 0 Å². The molecule has 0 saturated heterocycles. The van der Waals surface area contributed by atoms with E-state index in [1.807, 2.05) is 6.07 Å². The van der Waals surface area contributed by atoms with Gasteiger partial charge in [-0.15, -0.1) is 24.0 Å². The normalized spacial score (nSPS) is 12.7. The molecule has 0 saturated carbocycles. The van der Waals surface area contributed by atoms with Crippen molar-refractivity contribution in [3.63, 3.8) is 0 Å². The van der Waals surface area contributed by atoms with Gasteiger partial charge in [-0.1, -0.05) is 50.6 Å². The van der Waals surface area contributed by atoms with Gasteiger partial charge in [-0.2, -0.15) is 0 Å². The number of aliphatic imine (C=N–C) groups is 1. The first-order chi connectivity index (χ1) is 8.24. The average Bonchev–Trinajstić information content (AvgIpc) is 2.37. The van der Waals surface area contributed by atoms with Crippen LogP contribution < -0.4 is 11.1 Å². The van der Waals surface area contributed by atoms with Gasteiger partial charge in [0, 0.05) is 19.0 Å². The summed E-state index contributed by atoms with van der Waals surface area (Å²) in [5.41, 5.74) is 7.08. The lowest BCUT2D eigenvalue weighted by Crippen LogP contribution is -2.32. The van der Waals surface area contributed by atoms with Crippen molar-refractivity contribution in [2.45, 2.75) is 32.6 Å². The summed E-state index contributed by atoms with van der Waals surface area (Å²) in [5, 5.41) is 3.12. The Balaban J connectivity index is 0.00000289. The maximum absolute atomic E-state index is 5.78.